The monoisotopic (exact) mass is 408 g/mol. The van der Waals surface area contributed by atoms with Crippen molar-refractivity contribution in [2.75, 3.05) is 0 Å². The molecule has 0 atom stereocenters. The van der Waals surface area contributed by atoms with E-state index in [1.165, 1.54) is 77.0 Å². The topological polar surface area (TPSA) is 52.0 Å². The maximum absolute atomic E-state index is 6.32. The fourth-order valence-corrected chi connectivity index (χ4v) is 8.36. The van der Waals surface area contributed by atoms with Crippen molar-refractivity contribution in [3.05, 3.63) is 0 Å². The van der Waals surface area contributed by atoms with Gasteiger partial charge in [0.1, 0.15) is 0 Å². The SMILES string of the molecule is NC12CC3CC(CC(C3)C1)C2.NC12CC3CC(CC(C3)C1)C2.[Pd]. The maximum Gasteiger partial charge on any atom is 0.0162 e. The van der Waals surface area contributed by atoms with Crippen LogP contribution in [0.1, 0.15) is 77.0 Å². The van der Waals surface area contributed by atoms with Gasteiger partial charge in [-0.2, -0.15) is 0 Å². The Balaban J connectivity index is 0.000000113. The molecule has 0 radical (unpaired) electrons. The van der Waals surface area contributed by atoms with Gasteiger partial charge in [-0.3, -0.25) is 0 Å². The Morgan fingerprint density at radius 2 is 0.609 bits per heavy atom. The first-order valence-electron chi connectivity index (χ1n) is 10.0. The van der Waals surface area contributed by atoms with Gasteiger partial charge in [0.2, 0.25) is 0 Å². The summed E-state index contributed by atoms with van der Waals surface area (Å²) in [5.74, 6) is 6.12. The molecule has 0 saturated heterocycles. The van der Waals surface area contributed by atoms with Gasteiger partial charge in [-0.1, -0.05) is 0 Å². The minimum Gasteiger partial charge on any atom is -0.325 e. The van der Waals surface area contributed by atoms with Crippen LogP contribution in [-0.4, -0.2) is 11.1 Å². The molecule has 2 nitrogen and oxygen atoms in total. The van der Waals surface area contributed by atoms with Gasteiger partial charge in [-0.25, -0.2) is 0 Å². The van der Waals surface area contributed by atoms with E-state index in [1.54, 1.807) is 0 Å². The maximum atomic E-state index is 6.32. The average molecular weight is 409 g/mol. The molecule has 0 unspecified atom stereocenters. The summed E-state index contributed by atoms with van der Waals surface area (Å²) in [6, 6.07) is 0. The van der Waals surface area contributed by atoms with Gasteiger partial charge >= 0.3 is 0 Å². The fraction of sp³-hybridized carbons (Fsp3) is 1.00. The van der Waals surface area contributed by atoms with Gasteiger partial charge < -0.3 is 11.5 Å². The van der Waals surface area contributed by atoms with Gasteiger partial charge in [0.15, 0.2) is 0 Å². The van der Waals surface area contributed by atoms with Crippen molar-refractivity contribution in [1.29, 1.82) is 0 Å². The predicted molar refractivity (Wildman–Crippen MR) is 90.2 cm³/mol. The van der Waals surface area contributed by atoms with E-state index in [0.717, 1.165) is 35.5 Å². The van der Waals surface area contributed by atoms with Crippen LogP contribution in [-0.2, 0) is 20.4 Å². The van der Waals surface area contributed by atoms with Gasteiger partial charge in [0.25, 0.3) is 0 Å². The Bertz CT molecular complexity index is 348. The number of nitrogens with two attached hydrogens (primary N) is 2. The molecular formula is C20H34N2Pd. The number of rotatable bonds is 0. The second-order valence-electron chi connectivity index (χ2n) is 10.6. The first kappa shape index (κ1) is 17.0. The van der Waals surface area contributed by atoms with E-state index in [0.29, 0.717) is 11.1 Å². The van der Waals surface area contributed by atoms with Crippen LogP contribution in [0.15, 0.2) is 0 Å². The van der Waals surface area contributed by atoms with Crippen LogP contribution in [0.4, 0.5) is 0 Å². The summed E-state index contributed by atoms with van der Waals surface area (Å²) in [5, 5.41) is 0. The first-order valence-corrected chi connectivity index (χ1v) is 10.0. The number of hydrogen-bond donors (Lipinski definition) is 2. The molecule has 8 saturated carbocycles. The molecule has 23 heavy (non-hydrogen) atoms. The van der Waals surface area contributed by atoms with Crippen LogP contribution in [0, 0.1) is 35.5 Å². The van der Waals surface area contributed by atoms with E-state index in [1.807, 2.05) is 0 Å². The smallest absolute Gasteiger partial charge is 0.0162 e. The summed E-state index contributed by atoms with van der Waals surface area (Å²) in [5.41, 5.74) is 13.2. The van der Waals surface area contributed by atoms with Crippen molar-refractivity contribution in [3.8, 4) is 0 Å². The van der Waals surface area contributed by atoms with Crippen molar-refractivity contribution in [2.45, 2.75) is 88.1 Å². The second-order valence-corrected chi connectivity index (χ2v) is 10.6. The molecule has 3 heteroatoms. The minimum atomic E-state index is 0. The van der Waals surface area contributed by atoms with E-state index >= 15 is 0 Å². The molecule has 8 bridgehead atoms. The van der Waals surface area contributed by atoms with Crippen LogP contribution in [0.5, 0.6) is 0 Å². The number of hydrogen-bond acceptors (Lipinski definition) is 2. The van der Waals surface area contributed by atoms with E-state index in [9.17, 15) is 0 Å². The Kier molecular flexibility index (Phi) is 4.29. The molecule has 0 aromatic rings. The molecule has 0 heterocycles. The van der Waals surface area contributed by atoms with Gasteiger partial charge in [0, 0.05) is 31.5 Å². The predicted octanol–water partition coefficient (Wildman–Crippen LogP) is 3.83. The van der Waals surface area contributed by atoms with Crippen LogP contribution in [0.2, 0.25) is 0 Å². The van der Waals surface area contributed by atoms with E-state index < -0.39 is 0 Å². The largest absolute Gasteiger partial charge is 0.325 e. The van der Waals surface area contributed by atoms with Crippen LogP contribution < -0.4 is 11.5 Å². The van der Waals surface area contributed by atoms with Crippen molar-refractivity contribution in [2.24, 2.45) is 47.0 Å². The summed E-state index contributed by atoms with van der Waals surface area (Å²) < 4.78 is 0. The van der Waals surface area contributed by atoms with Gasteiger partial charge in [-0.15, -0.1) is 0 Å². The van der Waals surface area contributed by atoms with Crippen LogP contribution in [0.3, 0.4) is 0 Å². The van der Waals surface area contributed by atoms with Crippen LogP contribution in [0.25, 0.3) is 0 Å². The Hall–Kier alpha value is 0.582. The summed E-state index contributed by atoms with van der Waals surface area (Å²) in [7, 11) is 0. The summed E-state index contributed by atoms with van der Waals surface area (Å²) >= 11 is 0. The third kappa shape index (κ3) is 3.21. The Morgan fingerprint density at radius 3 is 0.739 bits per heavy atom. The van der Waals surface area contributed by atoms with E-state index in [4.69, 9.17) is 11.5 Å². The Labute approximate surface area is 155 Å². The van der Waals surface area contributed by atoms with Gasteiger partial charge in [0.05, 0.1) is 0 Å². The molecule has 0 spiro atoms. The molecule has 0 aromatic heterocycles. The van der Waals surface area contributed by atoms with Crippen molar-refractivity contribution in [3.63, 3.8) is 0 Å². The molecule has 0 aromatic carbocycles. The molecule has 0 amide bonds. The molecule has 0 aliphatic heterocycles. The van der Waals surface area contributed by atoms with Crippen molar-refractivity contribution < 1.29 is 20.4 Å². The molecule has 8 aliphatic rings. The standard InChI is InChI=1S/2C10H17N.Pd/c2*11-10-4-7-1-8(5-10)3-9(2-7)6-10;/h2*7-9H,1-6,11H2;. The molecule has 8 fully saturated rings. The van der Waals surface area contributed by atoms with Crippen molar-refractivity contribution >= 4 is 0 Å². The third-order valence-corrected chi connectivity index (χ3v) is 8.17. The fourth-order valence-electron chi connectivity index (χ4n) is 8.36. The van der Waals surface area contributed by atoms with E-state index in [2.05, 4.69) is 0 Å². The molecule has 4 N–H and O–H groups in total. The Morgan fingerprint density at radius 1 is 0.435 bits per heavy atom. The first-order chi connectivity index (χ1) is 10.5. The van der Waals surface area contributed by atoms with Crippen molar-refractivity contribution in [1.82, 2.24) is 0 Å². The zero-order valence-electron chi connectivity index (χ0n) is 14.4. The zero-order chi connectivity index (χ0) is 14.9. The average Bonchev–Trinajstić information content (AvgIpc) is 2.32. The van der Waals surface area contributed by atoms with Gasteiger partial charge in [-0.05, 0) is 113 Å². The quantitative estimate of drug-likeness (QED) is 0.598. The summed E-state index contributed by atoms with van der Waals surface area (Å²) in [6.07, 6.45) is 17.1. The molecule has 8 rings (SSSR count). The second kappa shape index (κ2) is 5.80. The third-order valence-electron chi connectivity index (χ3n) is 8.17. The molecule has 134 valence electrons. The summed E-state index contributed by atoms with van der Waals surface area (Å²) in [6.45, 7) is 0. The normalized spacial score (nSPS) is 57.7. The molecular weight excluding hydrogens is 375 g/mol. The molecule has 8 aliphatic carbocycles. The zero-order valence-corrected chi connectivity index (χ0v) is 16.0. The van der Waals surface area contributed by atoms with Crippen LogP contribution >= 0.6 is 0 Å². The van der Waals surface area contributed by atoms with E-state index in [-0.39, 0.29) is 20.4 Å². The summed E-state index contributed by atoms with van der Waals surface area (Å²) in [4.78, 5) is 0. The minimum absolute atomic E-state index is 0.